The molecule has 3 rings (SSSR count). The lowest BCUT2D eigenvalue weighted by atomic mass is 10.2. The second-order valence-electron chi connectivity index (χ2n) is 3.96. The first-order valence-electron chi connectivity index (χ1n) is 5.51. The van der Waals surface area contributed by atoms with E-state index in [-0.39, 0.29) is 18.9 Å². The number of carbonyl (C=O) groups excluding carboxylic acids is 1. The first-order valence-corrected chi connectivity index (χ1v) is 5.51. The minimum Gasteiger partial charge on any atom is -0.456 e. The van der Waals surface area contributed by atoms with Crippen LogP contribution in [0.25, 0.3) is 0 Å². The molecule has 0 spiro atoms. The Kier molecular flexibility index (Phi) is 2.60. The van der Waals surface area contributed by atoms with Crippen molar-refractivity contribution < 1.29 is 23.7 Å². The summed E-state index contributed by atoms with van der Waals surface area (Å²) >= 11 is 0. The van der Waals surface area contributed by atoms with E-state index in [0.717, 1.165) is 6.42 Å². The number of benzene rings is 1. The summed E-state index contributed by atoms with van der Waals surface area (Å²) in [5.41, 5.74) is 0.473. The normalized spacial score (nSPS) is 21.5. The van der Waals surface area contributed by atoms with Gasteiger partial charge in [-0.05, 0) is 18.2 Å². The SMILES string of the molecule is O=C(O[C@@H]1CCOC1)c1ccc2c(c1)OCO2. The Morgan fingerprint density at radius 1 is 1.29 bits per heavy atom. The van der Waals surface area contributed by atoms with Gasteiger partial charge in [0.1, 0.15) is 6.10 Å². The molecule has 17 heavy (non-hydrogen) atoms. The Hall–Kier alpha value is -1.75. The number of carbonyl (C=O) groups is 1. The van der Waals surface area contributed by atoms with Crippen LogP contribution in [0.15, 0.2) is 18.2 Å². The van der Waals surface area contributed by atoms with Crippen LogP contribution in [0, 0.1) is 0 Å². The van der Waals surface area contributed by atoms with E-state index in [1.807, 2.05) is 0 Å². The summed E-state index contributed by atoms with van der Waals surface area (Å²) in [5.74, 6) is 0.895. The zero-order valence-corrected chi connectivity index (χ0v) is 9.18. The molecule has 1 fully saturated rings. The van der Waals surface area contributed by atoms with E-state index >= 15 is 0 Å². The van der Waals surface area contributed by atoms with Crippen molar-refractivity contribution in [2.45, 2.75) is 12.5 Å². The van der Waals surface area contributed by atoms with Crippen LogP contribution in [0.4, 0.5) is 0 Å². The zero-order chi connectivity index (χ0) is 11.7. The van der Waals surface area contributed by atoms with Gasteiger partial charge in [-0.25, -0.2) is 4.79 Å². The lowest BCUT2D eigenvalue weighted by Crippen LogP contribution is -2.18. The molecular formula is C12H12O5. The van der Waals surface area contributed by atoms with Gasteiger partial charge in [-0.1, -0.05) is 0 Å². The van der Waals surface area contributed by atoms with Gasteiger partial charge in [-0.3, -0.25) is 0 Å². The van der Waals surface area contributed by atoms with E-state index in [1.54, 1.807) is 18.2 Å². The number of hydrogen-bond donors (Lipinski definition) is 0. The maximum atomic E-state index is 11.8. The Labute approximate surface area is 98.2 Å². The lowest BCUT2D eigenvalue weighted by molar-refractivity contribution is 0.0270. The number of fused-ring (bicyclic) bond motifs is 1. The van der Waals surface area contributed by atoms with E-state index in [9.17, 15) is 4.79 Å². The lowest BCUT2D eigenvalue weighted by Gasteiger charge is -2.10. The molecule has 1 saturated heterocycles. The summed E-state index contributed by atoms with van der Waals surface area (Å²) < 4.78 is 20.8. The molecule has 0 radical (unpaired) electrons. The first kappa shape index (κ1) is 10.4. The molecule has 0 unspecified atom stereocenters. The first-order chi connectivity index (χ1) is 8.33. The second kappa shape index (κ2) is 4.25. The Morgan fingerprint density at radius 2 is 2.18 bits per heavy atom. The summed E-state index contributed by atoms with van der Waals surface area (Å²) in [6, 6.07) is 5.02. The van der Waals surface area contributed by atoms with E-state index in [1.165, 1.54) is 0 Å². The van der Waals surface area contributed by atoms with Crippen molar-refractivity contribution in [2.75, 3.05) is 20.0 Å². The molecule has 2 aliphatic heterocycles. The number of ether oxygens (including phenoxy) is 4. The van der Waals surface area contributed by atoms with Gasteiger partial charge in [-0.15, -0.1) is 0 Å². The fourth-order valence-corrected chi connectivity index (χ4v) is 1.85. The third-order valence-corrected chi connectivity index (χ3v) is 2.77. The van der Waals surface area contributed by atoms with Gasteiger partial charge in [-0.2, -0.15) is 0 Å². The monoisotopic (exact) mass is 236 g/mol. The van der Waals surface area contributed by atoms with Gasteiger partial charge in [0, 0.05) is 6.42 Å². The zero-order valence-electron chi connectivity index (χ0n) is 9.18. The molecule has 0 bridgehead atoms. The highest BCUT2D eigenvalue weighted by molar-refractivity contribution is 5.90. The molecule has 5 nitrogen and oxygen atoms in total. The number of rotatable bonds is 2. The molecule has 0 amide bonds. The minimum atomic E-state index is -0.348. The second-order valence-corrected chi connectivity index (χ2v) is 3.96. The molecule has 0 N–H and O–H groups in total. The maximum Gasteiger partial charge on any atom is 0.338 e. The average molecular weight is 236 g/mol. The molecule has 1 aromatic carbocycles. The summed E-state index contributed by atoms with van der Waals surface area (Å²) in [6.07, 6.45) is 0.629. The molecule has 90 valence electrons. The van der Waals surface area contributed by atoms with Crippen LogP contribution < -0.4 is 9.47 Å². The molecule has 0 aliphatic carbocycles. The minimum absolute atomic E-state index is 0.132. The summed E-state index contributed by atoms with van der Waals surface area (Å²) in [6.45, 7) is 1.33. The van der Waals surface area contributed by atoms with Crippen LogP contribution in [0.5, 0.6) is 11.5 Å². The average Bonchev–Trinajstić information content (AvgIpc) is 2.97. The molecule has 0 saturated carbocycles. The van der Waals surface area contributed by atoms with Crippen molar-refractivity contribution in [3.63, 3.8) is 0 Å². The maximum absolute atomic E-state index is 11.8. The topological polar surface area (TPSA) is 54.0 Å². The van der Waals surface area contributed by atoms with Crippen molar-refractivity contribution in [3.05, 3.63) is 23.8 Å². The highest BCUT2D eigenvalue weighted by Crippen LogP contribution is 2.32. The van der Waals surface area contributed by atoms with Gasteiger partial charge in [0.05, 0.1) is 18.8 Å². The van der Waals surface area contributed by atoms with Gasteiger partial charge >= 0.3 is 5.97 Å². The van der Waals surface area contributed by atoms with E-state index in [2.05, 4.69) is 0 Å². The van der Waals surface area contributed by atoms with E-state index < -0.39 is 0 Å². The fourth-order valence-electron chi connectivity index (χ4n) is 1.85. The predicted molar refractivity (Wildman–Crippen MR) is 57.2 cm³/mol. The summed E-state index contributed by atoms with van der Waals surface area (Å²) in [5, 5.41) is 0. The molecule has 5 heteroatoms. The Morgan fingerprint density at radius 3 is 3.00 bits per heavy atom. The van der Waals surface area contributed by atoms with Gasteiger partial charge in [0.15, 0.2) is 11.5 Å². The molecular weight excluding hydrogens is 224 g/mol. The van der Waals surface area contributed by atoms with Crippen molar-refractivity contribution in [1.82, 2.24) is 0 Å². The van der Waals surface area contributed by atoms with Crippen LogP contribution in [0.3, 0.4) is 0 Å². The van der Waals surface area contributed by atoms with Crippen LogP contribution in [0.1, 0.15) is 16.8 Å². The fraction of sp³-hybridized carbons (Fsp3) is 0.417. The third-order valence-electron chi connectivity index (χ3n) is 2.77. The molecule has 2 heterocycles. The Bertz CT molecular complexity index is 437. The molecule has 1 aromatic rings. The van der Waals surface area contributed by atoms with Crippen molar-refractivity contribution in [3.8, 4) is 11.5 Å². The van der Waals surface area contributed by atoms with Crippen LogP contribution in [-0.4, -0.2) is 32.1 Å². The smallest absolute Gasteiger partial charge is 0.338 e. The largest absolute Gasteiger partial charge is 0.456 e. The van der Waals surface area contributed by atoms with Gasteiger partial charge < -0.3 is 18.9 Å². The molecule has 1 atom stereocenters. The van der Waals surface area contributed by atoms with Crippen LogP contribution in [0.2, 0.25) is 0 Å². The predicted octanol–water partition coefficient (Wildman–Crippen LogP) is 1.36. The standard InChI is InChI=1S/C12H12O5/c13-12(17-9-3-4-14-6-9)8-1-2-10-11(5-8)16-7-15-10/h1-2,5,9H,3-4,6-7H2/t9-/m1/s1. The highest BCUT2D eigenvalue weighted by atomic mass is 16.7. The van der Waals surface area contributed by atoms with Crippen LogP contribution in [-0.2, 0) is 9.47 Å². The van der Waals surface area contributed by atoms with E-state index in [4.69, 9.17) is 18.9 Å². The molecule has 0 aromatic heterocycles. The van der Waals surface area contributed by atoms with E-state index in [0.29, 0.717) is 30.3 Å². The van der Waals surface area contributed by atoms with Crippen LogP contribution >= 0.6 is 0 Å². The third kappa shape index (κ3) is 2.06. The van der Waals surface area contributed by atoms with Crippen molar-refractivity contribution >= 4 is 5.97 Å². The Balaban J connectivity index is 1.72. The number of hydrogen-bond acceptors (Lipinski definition) is 5. The quantitative estimate of drug-likeness (QED) is 0.726. The van der Waals surface area contributed by atoms with Gasteiger partial charge in [0.25, 0.3) is 0 Å². The van der Waals surface area contributed by atoms with Gasteiger partial charge in [0.2, 0.25) is 6.79 Å². The summed E-state index contributed by atoms with van der Waals surface area (Å²) in [7, 11) is 0. The van der Waals surface area contributed by atoms with Crippen molar-refractivity contribution in [2.24, 2.45) is 0 Å². The molecule has 2 aliphatic rings. The highest BCUT2D eigenvalue weighted by Gasteiger charge is 2.22. The number of esters is 1. The van der Waals surface area contributed by atoms with Crippen molar-refractivity contribution in [1.29, 1.82) is 0 Å². The summed E-state index contributed by atoms with van der Waals surface area (Å²) in [4.78, 5) is 11.8.